The highest BCUT2D eigenvalue weighted by atomic mass is 16.5. The lowest BCUT2D eigenvalue weighted by molar-refractivity contribution is 0.0834. The van der Waals surface area contributed by atoms with Crippen LogP contribution in [0.1, 0.15) is 22.9 Å². The third-order valence-electron chi connectivity index (χ3n) is 4.17. The van der Waals surface area contributed by atoms with Gasteiger partial charge in [-0.1, -0.05) is 5.21 Å². The standard InChI is InChI=1S/C16H25N5O2/c1-19(2)5-7-23-12-14-9-21(8-13-4-6-22-11-13)10-15-16(14)20(3)18-17-15/h4,6,11,14H,5,7-10,12H2,1-3H3/t14-/m1/s1. The second-order valence-electron chi connectivity index (χ2n) is 6.42. The fourth-order valence-corrected chi connectivity index (χ4v) is 3.06. The Balaban J connectivity index is 1.65. The Morgan fingerprint density at radius 3 is 3.04 bits per heavy atom. The van der Waals surface area contributed by atoms with Gasteiger partial charge in [-0.2, -0.15) is 0 Å². The van der Waals surface area contributed by atoms with Crippen molar-refractivity contribution in [3.8, 4) is 0 Å². The molecule has 0 radical (unpaired) electrons. The van der Waals surface area contributed by atoms with E-state index in [2.05, 4.69) is 34.2 Å². The summed E-state index contributed by atoms with van der Waals surface area (Å²) in [4.78, 5) is 4.50. The van der Waals surface area contributed by atoms with Gasteiger partial charge in [-0.25, -0.2) is 0 Å². The first-order chi connectivity index (χ1) is 11.1. The van der Waals surface area contributed by atoms with Crippen molar-refractivity contribution in [2.45, 2.75) is 19.0 Å². The number of rotatable bonds is 7. The molecule has 2 aromatic heterocycles. The summed E-state index contributed by atoms with van der Waals surface area (Å²) >= 11 is 0. The SMILES string of the molecule is CN(C)CCOC[C@H]1CN(Cc2ccoc2)Cc2nnn(C)c21. The van der Waals surface area contributed by atoms with Crippen LogP contribution in [0.15, 0.2) is 23.0 Å². The number of hydrogen-bond acceptors (Lipinski definition) is 6. The van der Waals surface area contributed by atoms with Crippen LogP contribution in [0.25, 0.3) is 0 Å². The van der Waals surface area contributed by atoms with Crippen LogP contribution >= 0.6 is 0 Å². The zero-order chi connectivity index (χ0) is 16.2. The molecule has 2 aromatic rings. The van der Waals surface area contributed by atoms with Gasteiger partial charge in [0, 0.05) is 44.7 Å². The monoisotopic (exact) mass is 319 g/mol. The minimum atomic E-state index is 0.299. The summed E-state index contributed by atoms with van der Waals surface area (Å²) in [5, 5.41) is 8.52. The highest BCUT2D eigenvalue weighted by molar-refractivity contribution is 5.20. The van der Waals surface area contributed by atoms with E-state index in [0.717, 1.165) is 38.5 Å². The Morgan fingerprint density at radius 1 is 1.43 bits per heavy atom. The summed E-state index contributed by atoms with van der Waals surface area (Å²) in [5.74, 6) is 0.299. The minimum Gasteiger partial charge on any atom is -0.472 e. The molecule has 0 fully saturated rings. The fraction of sp³-hybridized carbons (Fsp3) is 0.625. The van der Waals surface area contributed by atoms with Crippen LogP contribution in [-0.4, -0.2) is 65.2 Å². The quantitative estimate of drug-likeness (QED) is 0.712. The first-order valence-electron chi connectivity index (χ1n) is 7.98. The molecule has 7 nitrogen and oxygen atoms in total. The van der Waals surface area contributed by atoms with Gasteiger partial charge in [-0.3, -0.25) is 9.58 Å². The number of furan rings is 1. The van der Waals surface area contributed by atoms with Gasteiger partial charge in [0.1, 0.15) is 5.69 Å². The van der Waals surface area contributed by atoms with E-state index in [-0.39, 0.29) is 0 Å². The van der Waals surface area contributed by atoms with Crippen molar-refractivity contribution in [2.75, 3.05) is 40.4 Å². The highest BCUT2D eigenvalue weighted by Gasteiger charge is 2.30. The van der Waals surface area contributed by atoms with Crippen LogP contribution in [0.3, 0.4) is 0 Å². The molecule has 0 unspecified atom stereocenters. The molecule has 0 N–H and O–H groups in total. The maximum atomic E-state index is 5.89. The molecule has 0 amide bonds. The number of aromatic nitrogens is 3. The topological polar surface area (TPSA) is 59.6 Å². The van der Waals surface area contributed by atoms with E-state index in [1.165, 1.54) is 11.3 Å². The zero-order valence-corrected chi connectivity index (χ0v) is 14.1. The van der Waals surface area contributed by atoms with E-state index >= 15 is 0 Å². The van der Waals surface area contributed by atoms with E-state index in [1.807, 2.05) is 17.8 Å². The second kappa shape index (κ2) is 7.25. The summed E-state index contributed by atoms with van der Waals surface area (Å²) in [6.07, 6.45) is 3.52. The van der Waals surface area contributed by atoms with Crippen molar-refractivity contribution in [1.29, 1.82) is 0 Å². The van der Waals surface area contributed by atoms with Gasteiger partial charge in [-0.05, 0) is 20.2 Å². The summed E-state index contributed by atoms with van der Waals surface area (Å²) in [6.45, 7) is 5.00. The first kappa shape index (κ1) is 16.2. The van der Waals surface area contributed by atoms with Crippen LogP contribution in [0.5, 0.6) is 0 Å². The van der Waals surface area contributed by atoms with Gasteiger partial charge in [0.05, 0.1) is 31.4 Å². The van der Waals surface area contributed by atoms with Crippen LogP contribution in [0, 0.1) is 0 Å². The Morgan fingerprint density at radius 2 is 2.30 bits per heavy atom. The van der Waals surface area contributed by atoms with E-state index in [1.54, 1.807) is 12.5 Å². The molecule has 1 aliphatic rings. The maximum Gasteiger partial charge on any atom is 0.100 e. The fourth-order valence-electron chi connectivity index (χ4n) is 3.06. The predicted octanol–water partition coefficient (Wildman–Crippen LogP) is 1.09. The molecule has 0 aromatic carbocycles. The zero-order valence-electron chi connectivity index (χ0n) is 14.1. The largest absolute Gasteiger partial charge is 0.472 e. The third-order valence-corrected chi connectivity index (χ3v) is 4.17. The Bertz CT molecular complexity index is 608. The predicted molar refractivity (Wildman–Crippen MR) is 85.9 cm³/mol. The molecule has 0 saturated heterocycles. The summed E-state index contributed by atoms with van der Waals surface area (Å²) in [6, 6.07) is 2.01. The van der Waals surface area contributed by atoms with Crippen molar-refractivity contribution in [3.05, 3.63) is 35.5 Å². The van der Waals surface area contributed by atoms with Crippen molar-refractivity contribution in [1.82, 2.24) is 24.8 Å². The number of fused-ring (bicyclic) bond motifs is 1. The normalized spacial score (nSPS) is 18.5. The molecule has 0 aliphatic carbocycles. The van der Waals surface area contributed by atoms with Crippen molar-refractivity contribution >= 4 is 0 Å². The van der Waals surface area contributed by atoms with E-state index in [4.69, 9.17) is 9.15 Å². The summed E-state index contributed by atoms with van der Waals surface area (Å²) in [5.41, 5.74) is 3.45. The Kier molecular flexibility index (Phi) is 5.09. The van der Waals surface area contributed by atoms with Crippen LogP contribution in [-0.2, 0) is 24.9 Å². The lowest BCUT2D eigenvalue weighted by Gasteiger charge is -2.31. The van der Waals surface area contributed by atoms with E-state index < -0.39 is 0 Å². The van der Waals surface area contributed by atoms with Gasteiger partial charge in [0.2, 0.25) is 0 Å². The first-order valence-corrected chi connectivity index (χ1v) is 7.98. The molecular formula is C16H25N5O2. The molecule has 0 spiro atoms. The van der Waals surface area contributed by atoms with Crippen LogP contribution < -0.4 is 0 Å². The molecule has 0 saturated carbocycles. The molecule has 1 aliphatic heterocycles. The van der Waals surface area contributed by atoms with Gasteiger partial charge in [-0.15, -0.1) is 5.10 Å². The second-order valence-corrected chi connectivity index (χ2v) is 6.42. The van der Waals surface area contributed by atoms with Crippen molar-refractivity contribution in [2.24, 2.45) is 7.05 Å². The highest BCUT2D eigenvalue weighted by Crippen LogP contribution is 2.27. The molecule has 0 bridgehead atoms. The average Bonchev–Trinajstić information content (AvgIpc) is 3.14. The maximum absolute atomic E-state index is 5.89. The van der Waals surface area contributed by atoms with Crippen LogP contribution in [0.4, 0.5) is 0 Å². The van der Waals surface area contributed by atoms with Crippen molar-refractivity contribution < 1.29 is 9.15 Å². The molecule has 7 heteroatoms. The van der Waals surface area contributed by atoms with Gasteiger partial charge >= 0.3 is 0 Å². The van der Waals surface area contributed by atoms with Crippen LogP contribution in [0.2, 0.25) is 0 Å². The minimum absolute atomic E-state index is 0.299. The molecular weight excluding hydrogens is 294 g/mol. The number of nitrogens with zero attached hydrogens (tertiary/aromatic N) is 5. The number of hydrogen-bond donors (Lipinski definition) is 0. The molecule has 126 valence electrons. The van der Waals surface area contributed by atoms with E-state index in [0.29, 0.717) is 12.5 Å². The van der Waals surface area contributed by atoms with Gasteiger partial charge < -0.3 is 14.1 Å². The Hall–Kier alpha value is -1.70. The lowest BCUT2D eigenvalue weighted by atomic mass is 9.98. The molecule has 3 rings (SSSR count). The number of ether oxygens (including phenoxy) is 1. The van der Waals surface area contributed by atoms with Gasteiger partial charge in [0.15, 0.2) is 0 Å². The molecule has 23 heavy (non-hydrogen) atoms. The Labute approximate surface area is 136 Å². The summed E-state index contributed by atoms with van der Waals surface area (Å²) < 4.78 is 13.0. The summed E-state index contributed by atoms with van der Waals surface area (Å²) in [7, 11) is 6.07. The number of likely N-dealkylation sites (N-methyl/N-ethyl adjacent to an activating group) is 1. The van der Waals surface area contributed by atoms with Crippen molar-refractivity contribution in [3.63, 3.8) is 0 Å². The molecule has 1 atom stereocenters. The number of aryl methyl sites for hydroxylation is 1. The average molecular weight is 319 g/mol. The third kappa shape index (κ3) is 3.99. The smallest absolute Gasteiger partial charge is 0.100 e. The lowest BCUT2D eigenvalue weighted by Crippen LogP contribution is -2.36. The molecule has 3 heterocycles. The van der Waals surface area contributed by atoms with E-state index in [9.17, 15) is 0 Å². The van der Waals surface area contributed by atoms with Gasteiger partial charge in [0.25, 0.3) is 0 Å².